The minimum Gasteiger partial charge on any atom is -0.497 e. The highest BCUT2D eigenvalue weighted by atomic mass is 35.5. The number of aromatic nitrogens is 4. The molecule has 1 fully saturated rings. The predicted molar refractivity (Wildman–Crippen MR) is 128 cm³/mol. The first kappa shape index (κ1) is 21.3. The summed E-state index contributed by atoms with van der Waals surface area (Å²) >= 11 is 12.2. The van der Waals surface area contributed by atoms with Crippen molar-refractivity contribution in [2.24, 2.45) is 5.92 Å². The summed E-state index contributed by atoms with van der Waals surface area (Å²) in [5.41, 5.74) is 2.29. The number of halogens is 2. The molecule has 166 valence electrons. The Morgan fingerprint density at radius 1 is 1.03 bits per heavy atom. The van der Waals surface area contributed by atoms with Gasteiger partial charge in [-0.3, -0.25) is 9.47 Å². The van der Waals surface area contributed by atoms with Crippen molar-refractivity contribution in [1.29, 1.82) is 0 Å². The van der Waals surface area contributed by atoms with E-state index >= 15 is 0 Å². The lowest BCUT2D eigenvalue weighted by Crippen LogP contribution is -2.34. The second-order valence-corrected chi connectivity index (χ2v) is 9.19. The summed E-state index contributed by atoms with van der Waals surface area (Å²) < 4.78 is 7.38. The van der Waals surface area contributed by atoms with Gasteiger partial charge >= 0.3 is 0 Å². The number of aromatic amines is 1. The summed E-state index contributed by atoms with van der Waals surface area (Å²) in [6.45, 7) is 2.87. The molecule has 0 saturated carbocycles. The smallest absolute Gasteiger partial charge is 0.233 e. The number of piperidine rings is 1. The average molecular weight is 470 g/mol. The van der Waals surface area contributed by atoms with Gasteiger partial charge in [0.2, 0.25) is 5.95 Å². The Morgan fingerprint density at radius 3 is 2.66 bits per heavy atom. The Bertz CT molecular complexity index is 1230. The molecule has 0 radical (unpaired) electrons. The van der Waals surface area contributed by atoms with Crippen LogP contribution >= 0.6 is 23.2 Å². The lowest BCUT2D eigenvalue weighted by atomic mass is 9.90. The summed E-state index contributed by atoms with van der Waals surface area (Å²) in [5, 5.41) is 11.2. The summed E-state index contributed by atoms with van der Waals surface area (Å²) in [5.74, 6) is 3.08. The van der Waals surface area contributed by atoms with E-state index < -0.39 is 0 Å². The van der Waals surface area contributed by atoms with Crippen LogP contribution in [0.5, 0.6) is 5.75 Å². The second kappa shape index (κ2) is 9.14. The number of ether oxygens (including phenoxy) is 1. The predicted octanol–water partition coefficient (Wildman–Crippen LogP) is 5.52. The minimum absolute atomic E-state index is 0.615. The van der Waals surface area contributed by atoms with Crippen molar-refractivity contribution in [3.8, 4) is 11.7 Å². The number of hydrogen-bond acceptors (Lipinski definition) is 4. The summed E-state index contributed by atoms with van der Waals surface area (Å²) in [6, 6.07) is 14.0. The fourth-order valence-corrected chi connectivity index (χ4v) is 4.77. The van der Waals surface area contributed by atoms with Crippen molar-refractivity contribution < 1.29 is 4.74 Å². The molecular weight excluding hydrogens is 445 g/mol. The quantitative estimate of drug-likeness (QED) is 0.403. The molecule has 0 atom stereocenters. The van der Waals surface area contributed by atoms with Gasteiger partial charge in [-0.25, -0.2) is 0 Å². The molecule has 0 bridgehead atoms. The second-order valence-electron chi connectivity index (χ2n) is 8.38. The molecule has 1 N–H and O–H groups in total. The van der Waals surface area contributed by atoms with Crippen LogP contribution in [0.2, 0.25) is 10.0 Å². The highest BCUT2D eigenvalue weighted by molar-refractivity contribution is 6.42. The average Bonchev–Trinajstić information content (AvgIpc) is 3.44. The lowest BCUT2D eigenvalue weighted by molar-refractivity contribution is 0.173. The van der Waals surface area contributed by atoms with E-state index in [9.17, 15) is 0 Å². The number of benzene rings is 2. The maximum Gasteiger partial charge on any atom is 0.233 e. The van der Waals surface area contributed by atoms with Gasteiger partial charge in [-0.1, -0.05) is 29.3 Å². The maximum atomic E-state index is 6.17. The van der Waals surface area contributed by atoms with Crippen molar-refractivity contribution in [2.45, 2.75) is 25.8 Å². The molecule has 2 aromatic heterocycles. The summed E-state index contributed by atoms with van der Waals surface area (Å²) in [4.78, 5) is 5.82. The number of nitrogens with one attached hydrogen (secondary N) is 1. The van der Waals surface area contributed by atoms with Crippen LogP contribution in [0.25, 0.3) is 16.9 Å². The van der Waals surface area contributed by atoms with Crippen LogP contribution in [0.4, 0.5) is 0 Å². The molecule has 32 heavy (non-hydrogen) atoms. The number of nitrogens with zero attached hydrogens (tertiary/aromatic N) is 4. The molecule has 5 rings (SSSR count). The van der Waals surface area contributed by atoms with Gasteiger partial charge in [0.1, 0.15) is 11.6 Å². The van der Waals surface area contributed by atoms with Crippen LogP contribution in [0.15, 0.2) is 48.7 Å². The van der Waals surface area contributed by atoms with Crippen LogP contribution in [-0.2, 0) is 13.0 Å². The number of H-pyrrole nitrogens is 1. The van der Waals surface area contributed by atoms with Gasteiger partial charge in [-0.05, 0) is 74.2 Å². The lowest BCUT2D eigenvalue weighted by Gasteiger charge is -2.31. The molecule has 0 amide bonds. The fraction of sp³-hybridized carbons (Fsp3) is 0.333. The van der Waals surface area contributed by atoms with Crippen LogP contribution < -0.4 is 4.74 Å². The third kappa shape index (κ3) is 4.49. The molecule has 2 aromatic carbocycles. The number of likely N-dealkylation sites (tertiary alicyclic amines) is 1. The Morgan fingerprint density at radius 2 is 1.88 bits per heavy atom. The van der Waals surface area contributed by atoms with E-state index in [4.69, 9.17) is 27.9 Å². The van der Waals surface area contributed by atoms with Crippen LogP contribution in [0, 0.1) is 5.92 Å². The van der Waals surface area contributed by atoms with E-state index in [1.165, 1.54) is 5.56 Å². The Kier molecular flexibility index (Phi) is 6.09. The zero-order valence-corrected chi connectivity index (χ0v) is 19.4. The molecule has 0 unspecified atom stereocenters. The number of rotatable bonds is 6. The van der Waals surface area contributed by atoms with Crippen LogP contribution in [0.1, 0.15) is 24.2 Å². The Hall–Kier alpha value is -2.54. The SMILES string of the molecule is COc1ccc2ccn(-c3nnc(CN4CCC(Cc5ccc(Cl)c(Cl)c5)CC4)[nH]3)c2c1. The number of fused-ring (bicyclic) bond motifs is 1. The first-order chi connectivity index (χ1) is 15.6. The molecule has 6 nitrogen and oxygen atoms in total. The van der Waals surface area contributed by atoms with E-state index in [2.05, 4.69) is 32.2 Å². The van der Waals surface area contributed by atoms with Gasteiger partial charge < -0.3 is 9.72 Å². The van der Waals surface area contributed by atoms with E-state index in [1.54, 1.807) is 7.11 Å². The molecular formula is C24H25Cl2N5O. The molecule has 4 aromatic rings. The third-order valence-electron chi connectivity index (χ3n) is 6.24. The number of methoxy groups -OCH3 is 1. The number of hydrogen-bond donors (Lipinski definition) is 1. The third-order valence-corrected chi connectivity index (χ3v) is 6.98. The van der Waals surface area contributed by atoms with Crippen LogP contribution in [0.3, 0.4) is 0 Å². The maximum absolute atomic E-state index is 6.17. The first-order valence-electron chi connectivity index (χ1n) is 10.8. The molecule has 3 heterocycles. The first-order valence-corrected chi connectivity index (χ1v) is 11.6. The minimum atomic E-state index is 0.615. The van der Waals surface area contributed by atoms with Crippen molar-refractivity contribution in [3.63, 3.8) is 0 Å². The normalized spacial score (nSPS) is 15.5. The molecule has 0 spiro atoms. The summed E-state index contributed by atoms with van der Waals surface area (Å²) in [6.07, 6.45) is 5.36. The Labute approximate surface area is 197 Å². The topological polar surface area (TPSA) is 59.0 Å². The van der Waals surface area contributed by atoms with Gasteiger partial charge in [0, 0.05) is 17.6 Å². The summed E-state index contributed by atoms with van der Waals surface area (Å²) in [7, 11) is 1.68. The van der Waals surface area contributed by atoms with Gasteiger partial charge in [0.05, 0.1) is 29.2 Å². The Balaban J connectivity index is 1.20. The monoisotopic (exact) mass is 469 g/mol. The molecule has 8 heteroatoms. The van der Waals surface area contributed by atoms with Gasteiger partial charge in [0.25, 0.3) is 0 Å². The van der Waals surface area contributed by atoms with Gasteiger partial charge in [0.15, 0.2) is 0 Å². The van der Waals surface area contributed by atoms with E-state index in [0.717, 1.165) is 67.3 Å². The van der Waals surface area contributed by atoms with Crippen LogP contribution in [-0.4, -0.2) is 44.8 Å². The zero-order chi connectivity index (χ0) is 22.1. The van der Waals surface area contributed by atoms with Crippen molar-refractivity contribution in [1.82, 2.24) is 24.6 Å². The molecule has 0 aliphatic carbocycles. The standard InChI is InChI=1S/C24H25Cl2N5O/c1-32-19-4-3-18-8-11-31(22(18)14-19)24-27-23(28-29-24)15-30-9-6-16(7-10-30)12-17-2-5-20(25)21(26)13-17/h2-5,8,11,13-14,16H,6-7,9-10,12,15H2,1H3,(H,27,28,29). The molecule has 1 saturated heterocycles. The highest BCUT2D eigenvalue weighted by Crippen LogP contribution is 2.27. The van der Waals surface area contributed by atoms with E-state index in [0.29, 0.717) is 16.0 Å². The van der Waals surface area contributed by atoms with E-state index in [-0.39, 0.29) is 0 Å². The van der Waals surface area contributed by atoms with Crippen molar-refractivity contribution >= 4 is 34.1 Å². The van der Waals surface area contributed by atoms with Gasteiger partial charge in [-0.15, -0.1) is 10.2 Å². The largest absolute Gasteiger partial charge is 0.497 e. The van der Waals surface area contributed by atoms with E-state index in [1.807, 2.05) is 41.1 Å². The molecule has 1 aliphatic rings. The fourth-order valence-electron chi connectivity index (χ4n) is 4.45. The zero-order valence-electron chi connectivity index (χ0n) is 17.9. The van der Waals surface area contributed by atoms with Gasteiger partial charge in [-0.2, -0.15) is 0 Å². The van der Waals surface area contributed by atoms with Crippen molar-refractivity contribution in [2.75, 3.05) is 20.2 Å². The van der Waals surface area contributed by atoms with Crippen molar-refractivity contribution in [3.05, 3.63) is 70.1 Å². The highest BCUT2D eigenvalue weighted by Gasteiger charge is 2.21. The molecule has 1 aliphatic heterocycles.